The first kappa shape index (κ1) is 23.7. The second kappa shape index (κ2) is 12.1. The summed E-state index contributed by atoms with van der Waals surface area (Å²) >= 11 is 3.16. The summed E-state index contributed by atoms with van der Waals surface area (Å²) in [5.41, 5.74) is 5.07. The quantitative estimate of drug-likeness (QED) is 0.212. The lowest BCUT2D eigenvalue weighted by molar-refractivity contribution is 0.692. The van der Waals surface area contributed by atoms with E-state index in [1.165, 1.54) is 22.5 Å². The van der Waals surface area contributed by atoms with Crippen LogP contribution in [-0.4, -0.2) is 29.6 Å². The van der Waals surface area contributed by atoms with E-state index in [-0.39, 0.29) is 0 Å². The summed E-state index contributed by atoms with van der Waals surface area (Å²) in [6.45, 7) is 4.47. The fourth-order valence-corrected chi connectivity index (χ4v) is 5.40. The van der Waals surface area contributed by atoms with Crippen LogP contribution in [0.25, 0.3) is 11.4 Å². The number of hydrogen-bond donors (Lipinski definition) is 0. The molecule has 2 unspecified atom stereocenters. The summed E-state index contributed by atoms with van der Waals surface area (Å²) in [5, 5.41) is 0.838. The van der Waals surface area contributed by atoms with E-state index in [0.717, 1.165) is 25.7 Å². The Hall–Kier alpha value is -2.48. The second-order valence-corrected chi connectivity index (χ2v) is 10.7. The smallest absolute Gasteiger partial charge is 0.0991 e. The average Bonchev–Trinajstić information content (AvgIpc) is 3.57. The van der Waals surface area contributed by atoms with Crippen LogP contribution in [0.5, 0.6) is 0 Å². The van der Waals surface area contributed by atoms with Crippen molar-refractivity contribution in [2.75, 3.05) is 0 Å². The average molecular weight is 479 g/mol. The Bertz CT molecular complexity index is 1010. The Morgan fingerprint density at radius 1 is 0.727 bits per heavy atom. The van der Waals surface area contributed by atoms with Crippen molar-refractivity contribution in [1.82, 2.24) is 19.1 Å². The highest BCUT2D eigenvalue weighted by Crippen LogP contribution is 2.29. The molecule has 172 valence electrons. The van der Waals surface area contributed by atoms with Crippen molar-refractivity contribution in [3.63, 3.8) is 0 Å². The maximum Gasteiger partial charge on any atom is 0.0991 e. The third kappa shape index (κ3) is 6.76. The minimum atomic E-state index is 0.419. The Kier molecular flexibility index (Phi) is 8.69. The topological polar surface area (TPSA) is 44.9 Å². The number of aromatic nitrogens is 4. The Morgan fingerprint density at radius 2 is 1.18 bits per heavy atom. The van der Waals surface area contributed by atoms with E-state index in [1.807, 2.05) is 37.4 Å². The molecule has 2 heterocycles. The van der Waals surface area contributed by atoms with Gasteiger partial charge in [0.15, 0.2) is 0 Å². The Morgan fingerprint density at radius 3 is 1.61 bits per heavy atom. The van der Waals surface area contributed by atoms with E-state index in [4.69, 9.17) is 3.63 Å². The lowest BCUT2D eigenvalue weighted by atomic mass is 10.1. The normalized spacial score (nSPS) is 13.2. The fraction of sp³-hybridized carbons (Fsp3) is 0.308. The molecule has 0 bridgehead atoms. The van der Waals surface area contributed by atoms with E-state index in [2.05, 4.69) is 81.5 Å². The van der Waals surface area contributed by atoms with Crippen LogP contribution >= 0.6 is 24.1 Å². The van der Waals surface area contributed by atoms with Gasteiger partial charge in [0, 0.05) is 70.7 Å². The number of benzene rings is 2. The number of hydrogen-bond acceptors (Lipinski definition) is 5. The van der Waals surface area contributed by atoms with Gasteiger partial charge >= 0.3 is 0 Å². The van der Waals surface area contributed by atoms with Crippen molar-refractivity contribution in [2.24, 2.45) is 0 Å². The molecule has 0 aliphatic carbocycles. The molecule has 4 rings (SSSR count). The molecular formula is C26H30N4OS2. The van der Waals surface area contributed by atoms with Crippen molar-refractivity contribution >= 4 is 24.1 Å². The predicted octanol–water partition coefficient (Wildman–Crippen LogP) is 6.71. The van der Waals surface area contributed by atoms with Crippen LogP contribution in [-0.2, 0) is 16.5 Å². The zero-order chi connectivity index (χ0) is 22.9. The van der Waals surface area contributed by atoms with Crippen LogP contribution in [0.2, 0.25) is 0 Å². The largest absolute Gasteiger partial charge is 0.306 e. The Labute approximate surface area is 205 Å². The minimum absolute atomic E-state index is 0.419. The SMILES string of the molecule is CC(CCc1ccccc1-n1ccnc1)SOSC(C)CCc1ccccc1-n1ccnc1. The summed E-state index contributed by atoms with van der Waals surface area (Å²) in [7, 11) is 0. The lowest BCUT2D eigenvalue weighted by Gasteiger charge is -2.15. The molecule has 2 aromatic heterocycles. The van der Waals surface area contributed by atoms with Gasteiger partial charge in [-0.15, -0.1) is 0 Å². The fourth-order valence-electron chi connectivity index (χ4n) is 3.72. The molecule has 4 aromatic rings. The van der Waals surface area contributed by atoms with Crippen LogP contribution in [0.1, 0.15) is 37.8 Å². The monoisotopic (exact) mass is 478 g/mol. The van der Waals surface area contributed by atoms with Crippen LogP contribution in [0.4, 0.5) is 0 Å². The number of aryl methyl sites for hydroxylation is 2. The first-order chi connectivity index (χ1) is 16.2. The third-order valence-corrected chi connectivity index (χ3v) is 7.35. The summed E-state index contributed by atoms with van der Waals surface area (Å²) in [4.78, 5) is 8.35. The van der Waals surface area contributed by atoms with Gasteiger partial charge in [-0.05, 0) is 48.9 Å². The predicted molar refractivity (Wildman–Crippen MR) is 139 cm³/mol. The van der Waals surface area contributed by atoms with Crippen molar-refractivity contribution in [3.8, 4) is 11.4 Å². The Balaban J connectivity index is 1.19. The van der Waals surface area contributed by atoms with Gasteiger partial charge < -0.3 is 9.13 Å². The molecule has 0 fully saturated rings. The van der Waals surface area contributed by atoms with Crippen LogP contribution in [0.15, 0.2) is 86.0 Å². The van der Waals surface area contributed by atoms with Crippen LogP contribution in [0.3, 0.4) is 0 Å². The standard InChI is InChI=1S/C26H30N4OS2/c1-21(11-13-23-7-3-5-9-25(23)29-17-15-27-19-29)32-31-33-22(2)12-14-24-8-4-6-10-26(24)30-18-16-28-20-30/h3-10,15-22H,11-14H2,1-2H3. The van der Waals surface area contributed by atoms with Crippen molar-refractivity contribution < 1.29 is 3.63 Å². The van der Waals surface area contributed by atoms with E-state index in [1.54, 1.807) is 24.1 Å². The van der Waals surface area contributed by atoms with Gasteiger partial charge in [0.05, 0.1) is 12.7 Å². The lowest BCUT2D eigenvalue weighted by Crippen LogP contribution is -2.04. The van der Waals surface area contributed by atoms with Gasteiger partial charge in [0.1, 0.15) is 0 Å². The van der Waals surface area contributed by atoms with E-state index < -0.39 is 0 Å². The summed E-state index contributed by atoms with van der Waals surface area (Å²) in [6, 6.07) is 17.1. The highest BCUT2D eigenvalue weighted by Gasteiger charge is 2.12. The molecule has 0 N–H and O–H groups in total. The van der Waals surface area contributed by atoms with Gasteiger partial charge in [0.25, 0.3) is 0 Å². The summed E-state index contributed by atoms with van der Waals surface area (Å²) in [6.07, 6.45) is 15.5. The van der Waals surface area contributed by atoms with Gasteiger partial charge in [-0.25, -0.2) is 13.6 Å². The van der Waals surface area contributed by atoms with Crippen molar-refractivity contribution in [3.05, 3.63) is 97.1 Å². The molecule has 0 aliphatic rings. The number of rotatable bonds is 12. The molecule has 0 saturated heterocycles. The zero-order valence-electron chi connectivity index (χ0n) is 19.1. The molecule has 0 saturated carbocycles. The molecule has 2 atom stereocenters. The molecule has 0 amide bonds. The van der Waals surface area contributed by atoms with Gasteiger partial charge in [-0.3, -0.25) is 0 Å². The maximum atomic E-state index is 5.94. The summed E-state index contributed by atoms with van der Waals surface area (Å²) in [5.74, 6) is 0. The third-order valence-electron chi connectivity index (χ3n) is 5.60. The molecular weight excluding hydrogens is 448 g/mol. The summed E-state index contributed by atoms with van der Waals surface area (Å²) < 4.78 is 10.1. The molecule has 0 aliphatic heterocycles. The highest BCUT2D eigenvalue weighted by molar-refractivity contribution is 8.08. The van der Waals surface area contributed by atoms with Gasteiger partial charge in [-0.2, -0.15) is 0 Å². The second-order valence-electron chi connectivity index (χ2n) is 8.16. The minimum Gasteiger partial charge on any atom is -0.306 e. The maximum absolute atomic E-state index is 5.94. The van der Waals surface area contributed by atoms with Gasteiger partial charge in [0.2, 0.25) is 0 Å². The van der Waals surface area contributed by atoms with E-state index >= 15 is 0 Å². The zero-order valence-corrected chi connectivity index (χ0v) is 20.7. The van der Waals surface area contributed by atoms with E-state index in [0.29, 0.717) is 10.5 Å². The molecule has 5 nitrogen and oxygen atoms in total. The molecule has 33 heavy (non-hydrogen) atoms. The van der Waals surface area contributed by atoms with Crippen LogP contribution in [0, 0.1) is 0 Å². The number of nitrogens with zero attached hydrogens (tertiary/aromatic N) is 4. The molecule has 0 radical (unpaired) electrons. The van der Waals surface area contributed by atoms with E-state index in [9.17, 15) is 0 Å². The molecule has 2 aromatic carbocycles. The first-order valence-electron chi connectivity index (χ1n) is 11.3. The van der Waals surface area contributed by atoms with Gasteiger partial charge in [-0.1, -0.05) is 50.2 Å². The highest BCUT2D eigenvalue weighted by atomic mass is 32.2. The number of imidazole rings is 2. The first-order valence-corrected chi connectivity index (χ1v) is 12.9. The van der Waals surface area contributed by atoms with Crippen molar-refractivity contribution in [1.29, 1.82) is 0 Å². The van der Waals surface area contributed by atoms with Crippen LogP contribution < -0.4 is 0 Å². The molecule has 7 heteroatoms. The van der Waals surface area contributed by atoms with Crippen molar-refractivity contribution in [2.45, 2.75) is 50.0 Å². The molecule has 0 spiro atoms. The number of para-hydroxylation sites is 2.